The summed E-state index contributed by atoms with van der Waals surface area (Å²) >= 11 is 0. The van der Waals surface area contributed by atoms with E-state index in [2.05, 4.69) is 0 Å². The number of hydrogen-bond acceptors (Lipinski definition) is 6. The first kappa shape index (κ1) is 28.7. The molecule has 0 saturated carbocycles. The summed E-state index contributed by atoms with van der Waals surface area (Å²) in [4.78, 5) is 26.6. The van der Waals surface area contributed by atoms with Crippen molar-refractivity contribution in [2.75, 3.05) is 29.6 Å². The number of alkyl halides is 3. The highest BCUT2D eigenvalue weighted by atomic mass is 19.4. The van der Waals surface area contributed by atoms with E-state index in [1.54, 1.807) is 30.0 Å². The molecule has 2 aliphatic rings. The Bertz CT molecular complexity index is 1600. The quantitative estimate of drug-likeness (QED) is 0.336. The van der Waals surface area contributed by atoms with Crippen molar-refractivity contribution >= 4 is 28.9 Å². The summed E-state index contributed by atoms with van der Waals surface area (Å²) in [6.45, 7) is 3.27. The number of carbonyl (C=O) groups is 2. The fourth-order valence-corrected chi connectivity index (χ4v) is 5.44. The van der Waals surface area contributed by atoms with Gasteiger partial charge in [0.05, 0.1) is 41.6 Å². The van der Waals surface area contributed by atoms with E-state index in [0.717, 1.165) is 6.07 Å². The van der Waals surface area contributed by atoms with E-state index in [1.807, 2.05) is 6.07 Å². The molecular weight excluding hydrogens is 558 g/mol. The third-order valence-corrected chi connectivity index (χ3v) is 7.60. The number of fused-ring (bicyclic) bond motifs is 2. The molecule has 0 radical (unpaired) electrons. The Morgan fingerprint density at radius 3 is 2.48 bits per heavy atom. The number of anilines is 3. The summed E-state index contributed by atoms with van der Waals surface area (Å²) in [5.74, 6) is -4.71. The first-order valence-corrected chi connectivity index (χ1v) is 13.1. The predicted molar refractivity (Wildman–Crippen MR) is 143 cm³/mol. The van der Waals surface area contributed by atoms with E-state index in [1.165, 1.54) is 37.3 Å². The molecule has 0 aromatic heterocycles. The van der Waals surface area contributed by atoms with Gasteiger partial charge in [0.25, 0.3) is 0 Å². The number of nitrogens with zero attached hydrogens (tertiary/aromatic N) is 3. The standard InChI is InChI=1S/C30H25F4N3O5/c1-3-36(23-10-7-17(13-35)11-22(23)31)24-6-4-5-20-25(15-42-27(20)24)37(29(40)30(32,33)34)18-8-9-19-21(16(2)28(38)39)14-41-26(19)12-18/h4-12,16,21,25H,3,14-15H2,1-2H3,(H,38,39)/t16?,21-,25+/m0/s1. The zero-order valence-electron chi connectivity index (χ0n) is 22.5. The molecule has 2 heterocycles. The van der Waals surface area contributed by atoms with Crippen molar-refractivity contribution in [3.05, 3.63) is 77.1 Å². The van der Waals surface area contributed by atoms with Crippen LogP contribution in [0.5, 0.6) is 11.5 Å². The van der Waals surface area contributed by atoms with Crippen LogP contribution in [0.2, 0.25) is 0 Å². The zero-order chi connectivity index (χ0) is 30.3. The fraction of sp³-hybridized carbons (Fsp3) is 0.300. The number of rotatable bonds is 7. The topological polar surface area (TPSA) is 103 Å². The Labute approximate surface area is 238 Å². The van der Waals surface area contributed by atoms with E-state index in [9.17, 15) is 32.3 Å². The van der Waals surface area contributed by atoms with E-state index >= 15 is 0 Å². The molecule has 1 unspecified atom stereocenters. The van der Waals surface area contributed by atoms with Crippen LogP contribution in [0.25, 0.3) is 0 Å². The lowest BCUT2D eigenvalue weighted by Crippen LogP contribution is -2.44. The summed E-state index contributed by atoms with van der Waals surface area (Å²) in [5.41, 5.74) is 1.37. The molecule has 218 valence electrons. The van der Waals surface area contributed by atoms with E-state index in [0.29, 0.717) is 16.2 Å². The number of benzene rings is 3. The van der Waals surface area contributed by atoms with Gasteiger partial charge in [-0.05, 0) is 37.3 Å². The van der Waals surface area contributed by atoms with Gasteiger partial charge in [0.2, 0.25) is 0 Å². The Hall–Kier alpha value is -4.79. The molecule has 0 aliphatic carbocycles. The lowest BCUT2D eigenvalue weighted by Gasteiger charge is -2.30. The number of para-hydroxylation sites is 1. The monoisotopic (exact) mass is 583 g/mol. The van der Waals surface area contributed by atoms with Gasteiger partial charge >= 0.3 is 18.1 Å². The van der Waals surface area contributed by atoms with Crippen LogP contribution in [-0.4, -0.2) is 42.9 Å². The van der Waals surface area contributed by atoms with Crippen LogP contribution < -0.4 is 19.3 Å². The number of carboxylic acids is 1. The molecule has 8 nitrogen and oxygen atoms in total. The predicted octanol–water partition coefficient (Wildman–Crippen LogP) is 6.08. The average Bonchev–Trinajstić information content (AvgIpc) is 3.58. The van der Waals surface area contributed by atoms with Gasteiger partial charge in [0, 0.05) is 35.3 Å². The van der Waals surface area contributed by atoms with Gasteiger partial charge in [-0.25, -0.2) is 4.39 Å². The summed E-state index contributed by atoms with van der Waals surface area (Å²) in [7, 11) is 0. The maximum atomic E-state index is 14.9. The second-order valence-electron chi connectivity index (χ2n) is 9.98. The Kier molecular flexibility index (Phi) is 7.45. The molecule has 1 amide bonds. The lowest BCUT2D eigenvalue weighted by atomic mass is 9.89. The minimum atomic E-state index is -5.22. The van der Waals surface area contributed by atoms with Gasteiger partial charge < -0.3 is 19.5 Å². The van der Waals surface area contributed by atoms with Gasteiger partial charge in [-0.1, -0.05) is 25.1 Å². The molecule has 0 bridgehead atoms. The number of ether oxygens (including phenoxy) is 2. The number of nitriles is 1. The summed E-state index contributed by atoms with van der Waals surface area (Å²) in [5, 5.41) is 18.5. The largest absolute Gasteiger partial charge is 0.493 e. The third-order valence-electron chi connectivity index (χ3n) is 7.60. The van der Waals surface area contributed by atoms with Crippen LogP contribution in [0.1, 0.15) is 42.5 Å². The van der Waals surface area contributed by atoms with Gasteiger partial charge in [-0.3, -0.25) is 14.5 Å². The highest BCUT2D eigenvalue weighted by Gasteiger charge is 2.48. The number of carboxylic acid groups (broad SMARTS) is 1. The van der Waals surface area contributed by atoms with Crippen LogP contribution in [0.3, 0.4) is 0 Å². The molecule has 5 rings (SSSR count). The van der Waals surface area contributed by atoms with Crippen molar-refractivity contribution in [3.8, 4) is 17.6 Å². The maximum absolute atomic E-state index is 14.9. The SMILES string of the molecule is CCN(c1ccc(C#N)cc1F)c1cccc2c1OC[C@H]2N(C(=O)C(F)(F)F)c1ccc2c(c1)OC[C@H]2C(C)C(=O)O. The molecule has 42 heavy (non-hydrogen) atoms. The minimum absolute atomic E-state index is 0.0387. The Morgan fingerprint density at radius 2 is 1.83 bits per heavy atom. The second kappa shape index (κ2) is 10.9. The van der Waals surface area contributed by atoms with Gasteiger partial charge in [0.1, 0.15) is 23.9 Å². The summed E-state index contributed by atoms with van der Waals surface area (Å²) < 4.78 is 68.3. The molecule has 3 atom stereocenters. The molecule has 2 aliphatic heterocycles. The van der Waals surface area contributed by atoms with Crippen molar-refractivity contribution in [2.45, 2.75) is 32.0 Å². The first-order valence-electron chi connectivity index (χ1n) is 13.1. The third kappa shape index (κ3) is 4.95. The smallest absolute Gasteiger partial charge is 0.471 e. The Balaban J connectivity index is 1.56. The first-order chi connectivity index (χ1) is 20.0. The van der Waals surface area contributed by atoms with Crippen molar-refractivity contribution in [2.24, 2.45) is 5.92 Å². The molecule has 3 aromatic carbocycles. The minimum Gasteiger partial charge on any atom is -0.493 e. The van der Waals surface area contributed by atoms with Crippen molar-refractivity contribution in [1.29, 1.82) is 5.26 Å². The molecule has 0 saturated heterocycles. The van der Waals surface area contributed by atoms with E-state index in [4.69, 9.17) is 14.7 Å². The van der Waals surface area contributed by atoms with Gasteiger partial charge in [-0.2, -0.15) is 18.4 Å². The summed E-state index contributed by atoms with van der Waals surface area (Å²) in [6.07, 6.45) is -5.22. The van der Waals surface area contributed by atoms with E-state index < -0.39 is 41.7 Å². The average molecular weight is 584 g/mol. The number of aliphatic carboxylic acids is 1. The number of hydrogen-bond donors (Lipinski definition) is 1. The van der Waals surface area contributed by atoms with E-state index in [-0.39, 0.29) is 53.8 Å². The maximum Gasteiger partial charge on any atom is 0.471 e. The molecule has 1 N–H and O–H groups in total. The van der Waals surface area contributed by atoms with Crippen molar-refractivity contribution in [3.63, 3.8) is 0 Å². The number of amides is 1. The number of halogens is 4. The van der Waals surface area contributed by atoms with Crippen molar-refractivity contribution in [1.82, 2.24) is 0 Å². The van der Waals surface area contributed by atoms with Gasteiger partial charge in [0.15, 0.2) is 0 Å². The molecule has 12 heteroatoms. The van der Waals surface area contributed by atoms with Gasteiger partial charge in [-0.15, -0.1) is 0 Å². The highest BCUT2D eigenvalue weighted by molar-refractivity contribution is 5.98. The zero-order valence-corrected chi connectivity index (χ0v) is 22.5. The Morgan fingerprint density at radius 1 is 1.07 bits per heavy atom. The van der Waals surface area contributed by atoms with Crippen molar-refractivity contribution < 1.29 is 41.7 Å². The molecule has 3 aromatic rings. The van der Waals surface area contributed by atoms with Crippen LogP contribution in [-0.2, 0) is 9.59 Å². The van der Waals surface area contributed by atoms with Crippen LogP contribution in [0.15, 0.2) is 54.6 Å². The highest BCUT2D eigenvalue weighted by Crippen LogP contribution is 2.48. The summed E-state index contributed by atoms with van der Waals surface area (Å²) in [6, 6.07) is 13.5. The van der Waals surface area contributed by atoms with Crippen LogP contribution >= 0.6 is 0 Å². The molecular formula is C30H25F4N3O5. The molecule has 0 spiro atoms. The molecule has 0 fully saturated rings. The fourth-order valence-electron chi connectivity index (χ4n) is 5.44. The second-order valence-corrected chi connectivity index (χ2v) is 9.98. The normalized spacial score (nSPS) is 17.7. The van der Waals surface area contributed by atoms with Crippen LogP contribution in [0.4, 0.5) is 34.6 Å². The lowest BCUT2D eigenvalue weighted by molar-refractivity contribution is -0.171. The number of carbonyl (C=O) groups excluding carboxylic acids is 1. The van der Waals surface area contributed by atoms with Crippen LogP contribution in [0, 0.1) is 23.1 Å².